The van der Waals surface area contributed by atoms with Crippen LogP contribution in [0.2, 0.25) is 0 Å². The lowest BCUT2D eigenvalue weighted by atomic mass is 10.1. The van der Waals surface area contributed by atoms with Crippen molar-refractivity contribution < 1.29 is 23.4 Å². The molecular formula is C29H29NO6. The van der Waals surface area contributed by atoms with E-state index < -0.39 is 0 Å². The van der Waals surface area contributed by atoms with Crippen LogP contribution in [0, 0.1) is 6.92 Å². The summed E-state index contributed by atoms with van der Waals surface area (Å²) in [7, 11) is 1.68. The lowest BCUT2D eigenvalue weighted by Gasteiger charge is -2.29. The molecule has 0 saturated carbocycles. The van der Waals surface area contributed by atoms with Crippen LogP contribution in [0.15, 0.2) is 69.9 Å². The van der Waals surface area contributed by atoms with E-state index in [0.29, 0.717) is 48.1 Å². The Bertz CT molecular complexity index is 1440. The number of para-hydroxylation sites is 3. The minimum absolute atomic E-state index is 0.152. The molecule has 1 aromatic heterocycles. The predicted molar refractivity (Wildman–Crippen MR) is 138 cm³/mol. The Balaban J connectivity index is 1.43. The fourth-order valence-electron chi connectivity index (χ4n) is 4.47. The van der Waals surface area contributed by atoms with Gasteiger partial charge in [-0.3, -0.25) is 9.69 Å². The first kappa shape index (κ1) is 23.8. The molecule has 0 atom stereocenters. The van der Waals surface area contributed by atoms with E-state index in [1.165, 1.54) is 0 Å². The Labute approximate surface area is 209 Å². The number of fused-ring (bicyclic) bond motifs is 3. The molecular weight excluding hydrogens is 458 g/mol. The molecule has 3 aromatic carbocycles. The molecule has 0 amide bonds. The summed E-state index contributed by atoms with van der Waals surface area (Å²) in [4.78, 5) is 15.7. The van der Waals surface area contributed by atoms with Gasteiger partial charge in [0.2, 0.25) is 11.2 Å². The van der Waals surface area contributed by atoms with Gasteiger partial charge in [-0.1, -0.05) is 30.3 Å². The molecule has 0 fully saturated rings. The number of hydrogen-bond donors (Lipinski definition) is 0. The fraction of sp³-hybridized carbons (Fsp3) is 0.276. The molecule has 1 aliphatic rings. The van der Waals surface area contributed by atoms with Crippen molar-refractivity contribution in [3.63, 3.8) is 0 Å². The zero-order chi connectivity index (χ0) is 25.1. The third-order valence-corrected chi connectivity index (χ3v) is 6.28. The first-order valence-electron chi connectivity index (χ1n) is 12.0. The molecule has 36 heavy (non-hydrogen) atoms. The average Bonchev–Trinajstić information content (AvgIpc) is 2.91. The van der Waals surface area contributed by atoms with Crippen molar-refractivity contribution in [2.24, 2.45) is 0 Å². The van der Waals surface area contributed by atoms with Crippen LogP contribution in [0.1, 0.15) is 23.8 Å². The average molecular weight is 488 g/mol. The third kappa shape index (κ3) is 4.62. The predicted octanol–water partition coefficient (Wildman–Crippen LogP) is 5.70. The maximum absolute atomic E-state index is 13.5. The molecule has 0 aliphatic carbocycles. The lowest BCUT2D eigenvalue weighted by molar-refractivity contribution is 0.0966. The summed E-state index contributed by atoms with van der Waals surface area (Å²) in [6.07, 6.45) is 0.813. The van der Waals surface area contributed by atoms with Gasteiger partial charge in [-0.2, -0.15) is 0 Å². The van der Waals surface area contributed by atoms with Gasteiger partial charge in [-0.05, 0) is 56.2 Å². The van der Waals surface area contributed by atoms with Crippen molar-refractivity contribution in [2.75, 3.05) is 27.0 Å². The largest absolute Gasteiger partial charge is 0.496 e. The van der Waals surface area contributed by atoms with E-state index in [9.17, 15) is 4.79 Å². The van der Waals surface area contributed by atoms with E-state index in [-0.39, 0.29) is 11.2 Å². The number of nitrogens with zero attached hydrogens (tertiary/aromatic N) is 1. The van der Waals surface area contributed by atoms with Crippen LogP contribution in [-0.4, -0.2) is 31.9 Å². The zero-order valence-corrected chi connectivity index (χ0v) is 20.7. The van der Waals surface area contributed by atoms with Gasteiger partial charge in [0.15, 0.2) is 11.5 Å². The van der Waals surface area contributed by atoms with E-state index >= 15 is 0 Å². The van der Waals surface area contributed by atoms with Gasteiger partial charge >= 0.3 is 0 Å². The van der Waals surface area contributed by atoms with Crippen LogP contribution in [0.25, 0.3) is 11.0 Å². The number of benzene rings is 3. The zero-order valence-electron chi connectivity index (χ0n) is 20.7. The Hall–Kier alpha value is -3.97. The van der Waals surface area contributed by atoms with Gasteiger partial charge in [0, 0.05) is 13.1 Å². The maximum atomic E-state index is 13.5. The lowest BCUT2D eigenvalue weighted by Crippen LogP contribution is -2.34. The van der Waals surface area contributed by atoms with Gasteiger partial charge in [0.25, 0.3) is 0 Å². The minimum Gasteiger partial charge on any atom is -0.496 e. The summed E-state index contributed by atoms with van der Waals surface area (Å²) < 4.78 is 29.4. The van der Waals surface area contributed by atoms with Crippen molar-refractivity contribution >= 4 is 11.0 Å². The minimum atomic E-state index is -0.228. The van der Waals surface area contributed by atoms with Crippen LogP contribution in [0.3, 0.4) is 0 Å². The second-order valence-corrected chi connectivity index (χ2v) is 8.61. The quantitative estimate of drug-likeness (QED) is 0.316. The summed E-state index contributed by atoms with van der Waals surface area (Å²) in [6, 6.07) is 18.9. The van der Waals surface area contributed by atoms with E-state index in [2.05, 4.69) is 11.0 Å². The highest BCUT2D eigenvalue weighted by molar-refractivity contribution is 5.83. The third-order valence-electron chi connectivity index (χ3n) is 6.28. The number of ether oxygens (including phenoxy) is 4. The molecule has 0 spiro atoms. The second-order valence-electron chi connectivity index (χ2n) is 8.61. The Kier molecular flexibility index (Phi) is 6.82. The monoisotopic (exact) mass is 487 g/mol. The summed E-state index contributed by atoms with van der Waals surface area (Å²) in [6.45, 7) is 5.98. The molecule has 0 unspecified atom stereocenters. The molecule has 0 radical (unpaired) electrons. The molecule has 0 N–H and O–H groups in total. The molecule has 0 saturated heterocycles. The number of rotatable bonds is 8. The SMILES string of the molecule is CCOc1ccccc1Oc1c(C)oc2c3c(ccc2c1=O)OCN(CCc1ccccc1OC)C3. The van der Waals surface area contributed by atoms with Crippen molar-refractivity contribution in [2.45, 2.75) is 26.8 Å². The van der Waals surface area contributed by atoms with E-state index in [0.717, 1.165) is 35.6 Å². The normalized spacial score (nSPS) is 13.2. The molecule has 5 rings (SSSR count). The van der Waals surface area contributed by atoms with Gasteiger partial charge in [-0.15, -0.1) is 0 Å². The number of aryl methyl sites for hydroxylation is 1. The van der Waals surface area contributed by atoms with E-state index in [4.69, 9.17) is 23.4 Å². The van der Waals surface area contributed by atoms with Gasteiger partial charge in [0.05, 0.1) is 24.7 Å². The smallest absolute Gasteiger partial charge is 0.235 e. The topological polar surface area (TPSA) is 70.4 Å². The van der Waals surface area contributed by atoms with Crippen molar-refractivity contribution in [1.82, 2.24) is 4.90 Å². The number of hydrogen-bond acceptors (Lipinski definition) is 7. The van der Waals surface area contributed by atoms with Crippen molar-refractivity contribution in [1.29, 1.82) is 0 Å². The fourth-order valence-corrected chi connectivity index (χ4v) is 4.47. The van der Waals surface area contributed by atoms with Gasteiger partial charge in [0.1, 0.15) is 29.6 Å². The Morgan fingerprint density at radius 3 is 2.50 bits per heavy atom. The molecule has 2 heterocycles. The second kappa shape index (κ2) is 10.3. The highest BCUT2D eigenvalue weighted by Crippen LogP contribution is 2.36. The Morgan fingerprint density at radius 2 is 1.72 bits per heavy atom. The maximum Gasteiger partial charge on any atom is 0.235 e. The van der Waals surface area contributed by atoms with Crippen LogP contribution in [-0.2, 0) is 13.0 Å². The van der Waals surface area contributed by atoms with E-state index in [1.54, 1.807) is 26.2 Å². The van der Waals surface area contributed by atoms with Crippen LogP contribution in [0.4, 0.5) is 0 Å². The summed E-state index contributed by atoms with van der Waals surface area (Å²) in [5.41, 5.74) is 2.30. The highest BCUT2D eigenvalue weighted by Gasteiger charge is 2.24. The van der Waals surface area contributed by atoms with Crippen molar-refractivity contribution in [3.8, 4) is 28.7 Å². The summed E-state index contributed by atoms with van der Waals surface area (Å²) >= 11 is 0. The van der Waals surface area contributed by atoms with Crippen LogP contribution in [0.5, 0.6) is 28.7 Å². The number of methoxy groups -OCH3 is 1. The molecule has 1 aliphatic heterocycles. The molecule has 186 valence electrons. The van der Waals surface area contributed by atoms with Crippen molar-refractivity contribution in [3.05, 3.63) is 87.8 Å². The van der Waals surface area contributed by atoms with Crippen LogP contribution < -0.4 is 24.4 Å². The Morgan fingerprint density at radius 1 is 0.972 bits per heavy atom. The summed E-state index contributed by atoms with van der Waals surface area (Å²) in [5, 5.41) is 0.457. The first-order valence-corrected chi connectivity index (χ1v) is 12.0. The highest BCUT2D eigenvalue weighted by atomic mass is 16.5. The van der Waals surface area contributed by atoms with Crippen LogP contribution >= 0.6 is 0 Å². The molecule has 7 heteroatoms. The standard InChI is InChI=1S/C29H29NO6/c1-4-33-25-11-7-8-12-26(25)36-28-19(2)35-29-21(27(28)31)13-14-24-22(29)17-30(18-34-24)16-15-20-9-5-6-10-23(20)32-3/h5-14H,4,15-18H2,1-3H3. The molecule has 7 nitrogen and oxygen atoms in total. The molecule has 4 aromatic rings. The summed E-state index contributed by atoms with van der Waals surface area (Å²) in [5.74, 6) is 3.20. The van der Waals surface area contributed by atoms with Gasteiger partial charge in [-0.25, -0.2) is 0 Å². The van der Waals surface area contributed by atoms with Gasteiger partial charge < -0.3 is 23.4 Å². The van der Waals surface area contributed by atoms with E-state index in [1.807, 2.05) is 49.4 Å². The first-order chi connectivity index (χ1) is 17.6. The molecule has 0 bridgehead atoms.